The van der Waals surface area contributed by atoms with Crippen LogP contribution in [-0.4, -0.2) is 12.6 Å². The van der Waals surface area contributed by atoms with Gasteiger partial charge in [-0.25, -0.2) is 0 Å². The van der Waals surface area contributed by atoms with Crippen LogP contribution >= 0.6 is 0 Å². The molecule has 1 rings (SSSR count). The zero-order chi connectivity index (χ0) is 6.69. The van der Waals surface area contributed by atoms with Crippen molar-refractivity contribution in [2.24, 2.45) is 5.92 Å². The highest BCUT2D eigenvalue weighted by molar-refractivity contribution is 4.78. The zero-order valence-corrected chi connectivity index (χ0v) is 6.48. The van der Waals surface area contributed by atoms with Gasteiger partial charge in [-0.1, -0.05) is 20.3 Å². The van der Waals surface area contributed by atoms with Gasteiger partial charge in [0.15, 0.2) is 0 Å². The SMILES string of the molecule is CCCC1CC(C)CN1. The molecule has 1 heteroatoms. The zero-order valence-electron chi connectivity index (χ0n) is 6.48. The van der Waals surface area contributed by atoms with E-state index in [1.807, 2.05) is 0 Å². The van der Waals surface area contributed by atoms with Crippen LogP contribution in [0.25, 0.3) is 0 Å². The lowest BCUT2D eigenvalue weighted by Gasteiger charge is -2.06. The summed E-state index contributed by atoms with van der Waals surface area (Å²) in [6.07, 6.45) is 4.09. The molecule has 0 radical (unpaired) electrons. The summed E-state index contributed by atoms with van der Waals surface area (Å²) < 4.78 is 0. The molecule has 0 aromatic rings. The van der Waals surface area contributed by atoms with E-state index in [1.165, 1.54) is 25.8 Å². The second-order valence-electron chi connectivity index (χ2n) is 3.23. The Morgan fingerprint density at radius 1 is 1.56 bits per heavy atom. The molecule has 1 aliphatic heterocycles. The van der Waals surface area contributed by atoms with Gasteiger partial charge in [-0.2, -0.15) is 0 Å². The summed E-state index contributed by atoms with van der Waals surface area (Å²) in [5.74, 6) is 0.918. The molecule has 1 N–H and O–H groups in total. The molecule has 1 aliphatic rings. The Bertz CT molecular complexity index is 78.6. The monoisotopic (exact) mass is 127 g/mol. The van der Waals surface area contributed by atoms with Gasteiger partial charge >= 0.3 is 0 Å². The summed E-state index contributed by atoms with van der Waals surface area (Å²) in [7, 11) is 0. The molecule has 0 aromatic carbocycles. The van der Waals surface area contributed by atoms with E-state index in [0.717, 1.165) is 12.0 Å². The predicted molar refractivity (Wildman–Crippen MR) is 40.5 cm³/mol. The highest BCUT2D eigenvalue weighted by atomic mass is 14.9. The van der Waals surface area contributed by atoms with Crippen LogP contribution in [0.1, 0.15) is 33.1 Å². The highest BCUT2D eigenvalue weighted by Crippen LogP contribution is 2.15. The van der Waals surface area contributed by atoms with Crippen molar-refractivity contribution < 1.29 is 0 Å². The van der Waals surface area contributed by atoms with Gasteiger partial charge in [-0.3, -0.25) is 0 Å². The summed E-state index contributed by atoms with van der Waals surface area (Å²) in [5, 5.41) is 3.51. The van der Waals surface area contributed by atoms with E-state index in [0.29, 0.717) is 0 Å². The maximum atomic E-state index is 3.51. The normalized spacial score (nSPS) is 35.3. The molecule has 1 saturated heterocycles. The Kier molecular flexibility index (Phi) is 2.52. The van der Waals surface area contributed by atoms with E-state index in [4.69, 9.17) is 0 Å². The van der Waals surface area contributed by atoms with Crippen LogP contribution in [0.15, 0.2) is 0 Å². The summed E-state index contributed by atoms with van der Waals surface area (Å²) >= 11 is 0. The van der Waals surface area contributed by atoms with Gasteiger partial charge in [-0.05, 0) is 25.3 Å². The largest absolute Gasteiger partial charge is 0.314 e. The molecule has 0 bridgehead atoms. The molecule has 0 amide bonds. The minimum Gasteiger partial charge on any atom is -0.314 e. The third-order valence-corrected chi connectivity index (χ3v) is 2.08. The molecule has 0 aromatic heterocycles. The fourth-order valence-corrected chi connectivity index (χ4v) is 1.59. The first-order chi connectivity index (χ1) is 4.33. The molecular weight excluding hydrogens is 110 g/mol. The average Bonchev–Trinajstić information content (AvgIpc) is 2.17. The van der Waals surface area contributed by atoms with Gasteiger partial charge in [0.2, 0.25) is 0 Å². The predicted octanol–water partition coefficient (Wildman–Crippen LogP) is 1.78. The average molecular weight is 127 g/mol. The molecule has 1 heterocycles. The second kappa shape index (κ2) is 3.21. The standard InChI is InChI=1S/C8H17N/c1-3-4-8-5-7(2)6-9-8/h7-9H,3-6H2,1-2H3. The molecule has 9 heavy (non-hydrogen) atoms. The molecule has 1 nitrogen and oxygen atoms in total. The molecule has 2 atom stereocenters. The molecule has 54 valence electrons. The van der Waals surface area contributed by atoms with E-state index in [9.17, 15) is 0 Å². The third-order valence-electron chi connectivity index (χ3n) is 2.08. The van der Waals surface area contributed by atoms with Gasteiger partial charge in [-0.15, -0.1) is 0 Å². The summed E-state index contributed by atoms with van der Waals surface area (Å²) in [6.45, 7) is 5.82. The maximum absolute atomic E-state index is 3.51. The van der Waals surface area contributed by atoms with Gasteiger partial charge in [0.1, 0.15) is 0 Å². The number of nitrogens with one attached hydrogen (secondary N) is 1. The van der Waals surface area contributed by atoms with E-state index >= 15 is 0 Å². The molecule has 2 unspecified atom stereocenters. The van der Waals surface area contributed by atoms with E-state index < -0.39 is 0 Å². The smallest absolute Gasteiger partial charge is 0.00700 e. The fraction of sp³-hybridized carbons (Fsp3) is 1.00. The molecule has 0 aliphatic carbocycles. The lowest BCUT2D eigenvalue weighted by Crippen LogP contribution is -2.20. The van der Waals surface area contributed by atoms with Crippen molar-refractivity contribution in [3.05, 3.63) is 0 Å². The van der Waals surface area contributed by atoms with Crippen LogP contribution < -0.4 is 5.32 Å². The van der Waals surface area contributed by atoms with Crippen LogP contribution in [0, 0.1) is 5.92 Å². The maximum Gasteiger partial charge on any atom is 0.00700 e. The van der Waals surface area contributed by atoms with Gasteiger partial charge < -0.3 is 5.32 Å². The van der Waals surface area contributed by atoms with Crippen molar-refractivity contribution in [1.82, 2.24) is 5.32 Å². The Balaban J connectivity index is 2.14. The molecule has 1 fully saturated rings. The highest BCUT2D eigenvalue weighted by Gasteiger charge is 2.18. The second-order valence-corrected chi connectivity index (χ2v) is 3.23. The first-order valence-corrected chi connectivity index (χ1v) is 4.06. The topological polar surface area (TPSA) is 12.0 Å². The minimum atomic E-state index is 0.838. The number of hydrogen-bond donors (Lipinski definition) is 1. The van der Waals surface area contributed by atoms with Crippen LogP contribution in [-0.2, 0) is 0 Å². The first-order valence-electron chi connectivity index (χ1n) is 4.06. The van der Waals surface area contributed by atoms with Crippen LogP contribution in [0.5, 0.6) is 0 Å². The Labute approximate surface area is 57.8 Å². The fourth-order valence-electron chi connectivity index (χ4n) is 1.59. The van der Waals surface area contributed by atoms with Crippen molar-refractivity contribution in [2.75, 3.05) is 6.54 Å². The van der Waals surface area contributed by atoms with Crippen molar-refractivity contribution in [3.8, 4) is 0 Å². The number of hydrogen-bond acceptors (Lipinski definition) is 1. The summed E-state index contributed by atoms with van der Waals surface area (Å²) in [5.41, 5.74) is 0. The lowest BCUT2D eigenvalue weighted by atomic mass is 10.1. The third kappa shape index (κ3) is 1.98. The first kappa shape index (κ1) is 7.07. The molecule has 0 spiro atoms. The summed E-state index contributed by atoms with van der Waals surface area (Å²) in [4.78, 5) is 0. The minimum absolute atomic E-state index is 0.838. The number of rotatable bonds is 2. The Morgan fingerprint density at radius 2 is 2.33 bits per heavy atom. The van der Waals surface area contributed by atoms with Gasteiger partial charge in [0.25, 0.3) is 0 Å². The summed E-state index contributed by atoms with van der Waals surface area (Å²) in [6, 6.07) is 0.838. The van der Waals surface area contributed by atoms with Crippen molar-refractivity contribution >= 4 is 0 Å². The molecular formula is C8H17N. The van der Waals surface area contributed by atoms with Crippen LogP contribution in [0.4, 0.5) is 0 Å². The Hall–Kier alpha value is -0.0400. The van der Waals surface area contributed by atoms with Crippen molar-refractivity contribution in [3.63, 3.8) is 0 Å². The van der Waals surface area contributed by atoms with Crippen molar-refractivity contribution in [2.45, 2.75) is 39.2 Å². The van der Waals surface area contributed by atoms with Crippen LogP contribution in [0.2, 0.25) is 0 Å². The van der Waals surface area contributed by atoms with Crippen molar-refractivity contribution in [1.29, 1.82) is 0 Å². The van der Waals surface area contributed by atoms with Gasteiger partial charge in [0.05, 0.1) is 0 Å². The lowest BCUT2D eigenvalue weighted by molar-refractivity contribution is 0.537. The Morgan fingerprint density at radius 3 is 2.78 bits per heavy atom. The van der Waals surface area contributed by atoms with E-state index in [-0.39, 0.29) is 0 Å². The van der Waals surface area contributed by atoms with Gasteiger partial charge in [0, 0.05) is 6.04 Å². The molecule has 0 saturated carbocycles. The van der Waals surface area contributed by atoms with E-state index in [2.05, 4.69) is 19.2 Å². The van der Waals surface area contributed by atoms with Crippen LogP contribution in [0.3, 0.4) is 0 Å². The van der Waals surface area contributed by atoms with E-state index in [1.54, 1.807) is 0 Å². The quantitative estimate of drug-likeness (QED) is 0.596.